The van der Waals surface area contributed by atoms with Crippen molar-refractivity contribution in [1.29, 1.82) is 0 Å². The molecule has 1 N–H and O–H groups in total. The molecule has 1 heterocycles. The van der Waals surface area contributed by atoms with Crippen molar-refractivity contribution in [2.45, 2.75) is 20.0 Å². The monoisotopic (exact) mass is 300 g/mol. The first-order chi connectivity index (χ1) is 9.20. The molecule has 0 spiro atoms. The SMILES string of the molecule is CCCNc1ncc(COc2c(F)cccc2Cl)s1. The molecular weight excluding hydrogens is 287 g/mol. The normalized spacial score (nSPS) is 10.5. The summed E-state index contributed by atoms with van der Waals surface area (Å²) in [5.74, 6) is -0.373. The first-order valence-corrected chi connectivity index (χ1v) is 7.15. The van der Waals surface area contributed by atoms with Gasteiger partial charge in [-0.05, 0) is 18.6 Å². The fraction of sp³-hybridized carbons (Fsp3) is 0.308. The second-order valence-corrected chi connectivity index (χ2v) is 5.42. The number of para-hydroxylation sites is 1. The van der Waals surface area contributed by atoms with E-state index in [1.165, 1.54) is 17.4 Å². The second-order valence-electron chi connectivity index (χ2n) is 3.90. The highest BCUT2D eigenvalue weighted by Crippen LogP contribution is 2.29. The number of hydrogen-bond donors (Lipinski definition) is 1. The molecule has 0 bridgehead atoms. The first-order valence-electron chi connectivity index (χ1n) is 5.96. The van der Waals surface area contributed by atoms with Crippen LogP contribution in [0.15, 0.2) is 24.4 Å². The number of ether oxygens (including phenoxy) is 1. The fourth-order valence-electron chi connectivity index (χ4n) is 1.45. The predicted octanol–water partition coefficient (Wildman–Crippen LogP) is 4.34. The van der Waals surface area contributed by atoms with Crippen LogP contribution < -0.4 is 10.1 Å². The van der Waals surface area contributed by atoms with Gasteiger partial charge in [0, 0.05) is 12.7 Å². The average Bonchev–Trinajstić information content (AvgIpc) is 2.84. The molecule has 0 unspecified atom stereocenters. The molecule has 2 rings (SSSR count). The smallest absolute Gasteiger partial charge is 0.182 e. The van der Waals surface area contributed by atoms with Crippen molar-refractivity contribution in [3.05, 3.63) is 40.1 Å². The van der Waals surface area contributed by atoms with Gasteiger partial charge in [-0.1, -0.05) is 35.9 Å². The van der Waals surface area contributed by atoms with Gasteiger partial charge in [0.1, 0.15) is 6.61 Å². The van der Waals surface area contributed by atoms with Gasteiger partial charge in [0.25, 0.3) is 0 Å². The minimum Gasteiger partial charge on any atom is -0.483 e. The lowest BCUT2D eigenvalue weighted by molar-refractivity contribution is 0.293. The molecule has 0 saturated heterocycles. The number of benzene rings is 1. The lowest BCUT2D eigenvalue weighted by atomic mass is 10.3. The molecule has 0 aliphatic rings. The van der Waals surface area contributed by atoms with Gasteiger partial charge >= 0.3 is 0 Å². The van der Waals surface area contributed by atoms with E-state index in [9.17, 15) is 4.39 Å². The van der Waals surface area contributed by atoms with Gasteiger partial charge in [-0.25, -0.2) is 9.37 Å². The fourth-order valence-corrected chi connectivity index (χ4v) is 2.42. The van der Waals surface area contributed by atoms with Crippen LogP contribution in [0, 0.1) is 5.82 Å². The Kier molecular flexibility index (Phi) is 4.99. The number of thiazole rings is 1. The standard InChI is InChI=1S/C13H14ClFN2OS/c1-2-6-16-13-17-7-9(19-13)8-18-12-10(14)4-3-5-11(12)15/h3-5,7H,2,6,8H2,1H3,(H,16,17). The molecule has 0 aliphatic carbocycles. The summed E-state index contributed by atoms with van der Waals surface area (Å²) < 4.78 is 18.9. The molecule has 0 radical (unpaired) electrons. The Hall–Kier alpha value is -1.33. The van der Waals surface area contributed by atoms with Gasteiger partial charge in [-0.2, -0.15) is 0 Å². The molecule has 0 atom stereocenters. The van der Waals surface area contributed by atoms with E-state index in [-0.39, 0.29) is 17.4 Å². The number of nitrogens with zero attached hydrogens (tertiary/aromatic N) is 1. The molecule has 3 nitrogen and oxygen atoms in total. The topological polar surface area (TPSA) is 34.2 Å². The van der Waals surface area contributed by atoms with Crippen LogP contribution in [-0.2, 0) is 6.61 Å². The minimum atomic E-state index is -0.457. The molecule has 102 valence electrons. The van der Waals surface area contributed by atoms with Crippen LogP contribution in [0.5, 0.6) is 5.75 Å². The summed E-state index contributed by atoms with van der Waals surface area (Å²) in [5, 5.41) is 4.31. The maximum atomic E-state index is 13.5. The molecule has 1 aromatic carbocycles. The Morgan fingerprint density at radius 2 is 2.32 bits per heavy atom. The van der Waals surface area contributed by atoms with Crippen LogP contribution >= 0.6 is 22.9 Å². The van der Waals surface area contributed by atoms with E-state index in [2.05, 4.69) is 17.2 Å². The number of halogens is 2. The van der Waals surface area contributed by atoms with E-state index in [0.717, 1.165) is 23.0 Å². The van der Waals surface area contributed by atoms with Crippen LogP contribution in [0.2, 0.25) is 5.02 Å². The Bertz CT molecular complexity index is 527. The van der Waals surface area contributed by atoms with Crippen molar-refractivity contribution < 1.29 is 9.13 Å². The molecule has 2 aromatic rings. The average molecular weight is 301 g/mol. The minimum absolute atomic E-state index is 0.0839. The molecule has 0 saturated carbocycles. The van der Waals surface area contributed by atoms with Crippen LogP contribution in [-0.4, -0.2) is 11.5 Å². The Morgan fingerprint density at radius 1 is 1.47 bits per heavy atom. The van der Waals surface area contributed by atoms with Crippen molar-refractivity contribution in [2.75, 3.05) is 11.9 Å². The summed E-state index contributed by atoms with van der Waals surface area (Å²) in [4.78, 5) is 5.13. The van der Waals surface area contributed by atoms with Crippen LogP contribution in [0.25, 0.3) is 0 Å². The van der Waals surface area contributed by atoms with E-state index in [0.29, 0.717) is 0 Å². The van der Waals surface area contributed by atoms with Gasteiger partial charge < -0.3 is 10.1 Å². The van der Waals surface area contributed by atoms with Crippen LogP contribution in [0.3, 0.4) is 0 Å². The van der Waals surface area contributed by atoms with Crippen molar-refractivity contribution in [3.63, 3.8) is 0 Å². The molecule has 0 fully saturated rings. The second kappa shape index (κ2) is 6.73. The maximum Gasteiger partial charge on any atom is 0.182 e. The zero-order valence-electron chi connectivity index (χ0n) is 10.5. The molecule has 0 aliphatic heterocycles. The summed E-state index contributed by atoms with van der Waals surface area (Å²) in [7, 11) is 0. The quantitative estimate of drug-likeness (QED) is 0.862. The van der Waals surface area contributed by atoms with E-state index in [4.69, 9.17) is 16.3 Å². The van der Waals surface area contributed by atoms with Crippen molar-refractivity contribution in [1.82, 2.24) is 4.98 Å². The van der Waals surface area contributed by atoms with Crippen LogP contribution in [0.4, 0.5) is 9.52 Å². The molecular formula is C13H14ClFN2OS. The number of aromatic nitrogens is 1. The summed E-state index contributed by atoms with van der Waals surface area (Å²) in [6, 6.07) is 4.47. The largest absolute Gasteiger partial charge is 0.483 e. The summed E-state index contributed by atoms with van der Waals surface area (Å²) in [5.41, 5.74) is 0. The lowest BCUT2D eigenvalue weighted by Crippen LogP contribution is -1.98. The first kappa shape index (κ1) is 14.1. The van der Waals surface area contributed by atoms with Gasteiger partial charge in [0.05, 0.1) is 9.90 Å². The Balaban J connectivity index is 1.97. The van der Waals surface area contributed by atoms with Gasteiger partial charge in [-0.15, -0.1) is 0 Å². The maximum absolute atomic E-state index is 13.5. The summed E-state index contributed by atoms with van der Waals surface area (Å²) in [6.07, 6.45) is 2.76. The highest BCUT2D eigenvalue weighted by molar-refractivity contribution is 7.15. The molecule has 1 aromatic heterocycles. The van der Waals surface area contributed by atoms with Crippen molar-refractivity contribution >= 4 is 28.1 Å². The number of rotatable bonds is 6. The van der Waals surface area contributed by atoms with E-state index in [1.807, 2.05) is 0 Å². The highest BCUT2D eigenvalue weighted by atomic mass is 35.5. The third-order valence-electron chi connectivity index (χ3n) is 2.36. The predicted molar refractivity (Wildman–Crippen MR) is 76.6 cm³/mol. The zero-order valence-corrected chi connectivity index (χ0v) is 12.0. The van der Waals surface area contributed by atoms with E-state index in [1.54, 1.807) is 18.3 Å². The number of nitrogens with one attached hydrogen (secondary N) is 1. The summed E-state index contributed by atoms with van der Waals surface area (Å²) in [6.45, 7) is 3.23. The van der Waals surface area contributed by atoms with E-state index < -0.39 is 5.82 Å². The third kappa shape index (κ3) is 3.81. The van der Waals surface area contributed by atoms with Gasteiger partial charge in [0.15, 0.2) is 16.7 Å². The highest BCUT2D eigenvalue weighted by Gasteiger charge is 2.09. The Morgan fingerprint density at radius 3 is 3.05 bits per heavy atom. The van der Waals surface area contributed by atoms with Gasteiger partial charge in [-0.3, -0.25) is 0 Å². The lowest BCUT2D eigenvalue weighted by Gasteiger charge is -2.07. The molecule has 19 heavy (non-hydrogen) atoms. The molecule has 0 amide bonds. The summed E-state index contributed by atoms with van der Waals surface area (Å²) >= 11 is 7.37. The third-order valence-corrected chi connectivity index (χ3v) is 3.58. The molecule has 6 heteroatoms. The van der Waals surface area contributed by atoms with Gasteiger partial charge in [0.2, 0.25) is 0 Å². The number of hydrogen-bond acceptors (Lipinski definition) is 4. The van der Waals surface area contributed by atoms with Crippen molar-refractivity contribution in [2.24, 2.45) is 0 Å². The van der Waals surface area contributed by atoms with Crippen LogP contribution in [0.1, 0.15) is 18.2 Å². The Labute approximate surface area is 120 Å². The number of anilines is 1. The van der Waals surface area contributed by atoms with E-state index >= 15 is 0 Å². The van der Waals surface area contributed by atoms with Crippen molar-refractivity contribution in [3.8, 4) is 5.75 Å². The zero-order chi connectivity index (χ0) is 13.7.